The van der Waals surface area contributed by atoms with Gasteiger partial charge in [-0.3, -0.25) is 0 Å². The fourth-order valence-electron chi connectivity index (χ4n) is 4.80. The summed E-state index contributed by atoms with van der Waals surface area (Å²) in [5.74, 6) is 4.93. The van der Waals surface area contributed by atoms with Crippen LogP contribution >= 0.6 is 0 Å². The van der Waals surface area contributed by atoms with Gasteiger partial charge in [-0.2, -0.15) is 0 Å². The molecular weight excluding hydrogens is 546 g/mol. The van der Waals surface area contributed by atoms with Crippen molar-refractivity contribution in [3.63, 3.8) is 0 Å². The molecule has 0 saturated heterocycles. The van der Waals surface area contributed by atoms with Crippen molar-refractivity contribution in [2.45, 2.75) is 20.8 Å². The number of rotatable bonds is 13. The van der Waals surface area contributed by atoms with Crippen molar-refractivity contribution in [3.8, 4) is 68.7 Å². The molecular formula is C34H37N3O6. The van der Waals surface area contributed by atoms with Crippen molar-refractivity contribution in [1.82, 2.24) is 15.0 Å². The smallest absolute Gasteiger partial charge is 0.167 e. The summed E-state index contributed by atoms with van der Waals surface area (Å²) in [5.41, 5.74) is 4.50. The Morgan fingerprint density at radius 3 is 1.56 bits per heavy atom. The van der Waals surface area contributed by atoms with Crippen LogP contribution in [0.4, 0.5) is 0 Å². The second kappa shape index (κ2) is 13.7. The predicted molar refractivity (Wildman–Crippen MR) is 168 cm³/mol. The average molecular weight is 584 g/mol. The van der Waals surface area contributed by atoms with Gasteiger partial charge in [-0.25, -0.2) is 15.0 Å². The topological polar surface area (TPSA) is 94.1 Å². The van der Waals surface area contributed by atoms with Gasteiger partial charge in [0, 0.05) is 17.2 Å². The molecule has 0 aliphatic heterocycles. The Labute approximate surface area is 252 Å². The third kappa shape index (κ3) is 6.25. The highest BCUT2D eigenvalue weighted by atomic mass is 16.5. The van der Waals surface area contributed by atoms with Crippen LogP contribution in [0.25, 0.3) is 34.2 Å². The second-order valence-corrected chi connectivity index (χ2v) is 9.57. The van der Waals surface area contributed by atoms with Crippen LogP contribution in [0.2, 0.25) is 0 Å². The number of methoxy groups -OCH3 is 4. The zero-order valence-electron chi connectivity index (χ0n) is 25.7. The normalized spacial score (nSPS) is 10.6. The predicted octanol–water partition coefficient (Wildman–Crippen LogP) is 6.96. The molecule has 0 aliphatic carbocycles. The SMILES string of the molecule is C=CCOc1cc(OC)c(C)cc1-c1nc(-c2ccc(OC)c(C)c2OC)nc(-c2ccc(OC)c(C)c2OCC=C)n1. The van der Waals surface area contributed by atoms with Crippen molar-refractivity contribution in [1.29, 1.82) is 0 Å². The fourth-order valence-corrected chi connectivity index (χ4v) is 4.80. The molecule has 0 radical (unpaired) electrons. The molecule has 4 rings (SSSR count). The molecule has 0 N–H and O–H groups in total. The summed E-state index contributed by atoms with van der Waals surface area (Å²) in [6.45, 7) is 14.0. The minimum atomic E-state index is 0.284. The standard InChI is InChI=1S/C34H37N3O6/c1-10-16-42-29-19-28(40-8)20(3)18-25(29)34-36-32(23-12-14-26(38-6)21(4)30(23)41-9)35-33(37-34)24-13-15-27(39-7)22(5)31(24)43-17-11-2/h10-15,18-19H,1-2,16-17H2,3-9H3. The first kappa shape index (κ1) is 30.9. The summed E-state index contributed by atoms with van der Waals surface area (Å²) in [6, 6.07) is 11.2. The Morgan fingerprint density at radius 2 is 1.05 bits per heavy atom. The van der Waals surface area contributed by atoms with Gasteiger partial charge in [-0.15, -0.1) is 0 Å². The maximum atomic E-state index is 6.13. The van der Waals surface area contributed by atoms with E-state index in [2.05, 4.69) is 13.2 Å². The number of aryl methyl sites for hydroxylation is 1. The van der Waals surface area contributed by atoms with E-state index in [1.54, 1.807) is 40.6 Å². The van der Waals surface area contributed by atoms with Gasteiger partial charge in [0.15, 0.2) is 17.5 Å². The molecule has 0 unspecified atom stereocenters. The van der Waals surface area contributed by atoms with Gasteiger partial charge in [0.1, 0.15) is 47.7 Å². The maximum absolute atomic E-state index is 6.13. The Bertz CT molecular complexity index is 1630. The van der Waals surface area contributed by atoms with Crippen LogP contribution in [0.15, 0.2) is 61.7 Å². The third-order valence-electron chi connectivity index (χ3n) is 6.91. The number of hydrogen-bond donors (Lipinski definition) is 0. The summed E-state index contributed by atoms with van der Waals surface area (Å²) in [7, 11) is 6.46. The van der Waals surface area contributed by atoms with Gasteiger partial charge >= 0.3 is 0 Å². The van der Waals surface area contributed by atoms with Crippen LogP contribution < -0.4 is 28.4 Å². The number of aromatic nitrogens is 3. The van der Waals surface area contributed by atoms with Crippen LogP contribution in [-0.4, -0.2) is 56.6 Å². The molecule has 4 aromatic rings. The van der Waals surface area contributed by atoms with E-state index in [-0.39, 0.29) is 13.2 Å². The zero-order valence-corrected chi connectivity index (χ0v) is 25.7. The van der Waals surface area contributed by atoms with Crippen molar-refractivity contribution in [2.75, 3.05) is 41.7 Å². The van der Waals surface area contributed by atoms with Crippen LogP contribution in [-0.2, 0) is 0 Å². The minimum absolute atomic E-state index is 0.284. The molecule has 0 fully saturated rings. The first-order valence-electron chi connectivity index (χ1n) is 13.6. The molecule has 0 atom stereocenters. The first-order chi connectivity index (χ1) is 20.8. The van der Waals surface area contributed by atoms with E-state index >= 15 is 0 Å². The lowest BCUT2D eigenvalue weighted by Gasteiger charge is -2.18. The number of nitrogens with zero attached hydrogens (tertiary/aromatic N) is 3. The highest BCUT2D eigenvalue weighted by molar-refractivity contribution is 5.77. The van der Waals surface area contributed by atoms with Crippen LogP contribution in [0.3, 0.4) is 0 Å². The van der Waals surface area contributed by atoms with Gasteiger partial charge in [-0.1, -0.05) is 25.3 Å². The Hall–Kier alpha value is -5.05. The summed E-state index contributed by atoms with van der Waals surface area (Å²) >= 11 is 0. The van der Waals surface area contributed by atoms with E-state index in [9.17, 15) is 0 Å². The Kier molecular flexibility index (Phi) is 9.87. The molecule has 0 bridgehead atoms. The molecule has 9 heteroatoms. The summed E-state index contributed by atoms with van der Waals surface area (Å²) < 4.78 is 34.7. The summed E-state index contributed by atoms with van der Waals surface area (Å²) in [4.78, 5) is 14.9. The van der Waals surface area contributed by atoms with E-state index in [0.717, 1.165) is 16.7 Å². The van der Waals surface area contributed by atoms with E-state index in [1.807, 2.05) is 57.2 Å². The highest BCUT2D eigenvalue weighted by Gasteiger charge is 2.23. The Morgan fingerprint density at radius 1 is 0.558 bits per heavy atom. The Balaban J connectivity index is 2.08. The van der Waals surface area contributed by atoms with Gasteiger partial charge in [0.05, 0.1) is 45.1 Å². The molecule has 3 aromatic carbocycles. The molecule has 0 aliphatic rings. The molecule has 9 nitrogen and oxygen atoms in total. The first-order valence-corrected chi connectivity index (χ1v) is 13.6. The molecule has 0 spiro atoms. The number of ether oxygens (including phenoxy) is 6. The van der Waals surface area contributed by atoms with Crippen molar-refractivity contribution in [2.24, 2.45) is 0 Å². The number of benzene rings is 3. The van der Waals surface area contributed by atoms with Gasteiger partial charge in [0.25, 0.3) is 0 Å². The second-order valence-electron chi connectivity index (χ2n) is 9.57. The maximum Gasteiger partial charge on any atom is 0.167 e. The van der Waals surface area contributed by atoms with Crippen molar-refractivity contribution in [3.05, 3.63) is 78.4 Å². The van der Waals surface area contributed by atoms with Crippen LogP contribution in [0.5, 0.6) is 34.5 Å². The van der Waals surface area contributed by atoms with E-state index < -0.39 is 0 Å². The molecule has 224 valence electrons. The van der Waals surface area contributed by atoms with Gasteiger partial charge in [-0.05, 0) is 56.7 Å². The summed E-state index contributed by atoms with van der Waals surface area (Å²) in [5, 5.41) is 0. The lowest BCUT2D eigenvalue weighted by molar-refractivity contribution is 0.354. The highest BCUT2D eigenvalue weighted by Crippen LogP contribution is 2.42. The fraction of sp³-hybridized carbons (Fsp3) is 0.265. The van der Waals surface area contributed by atoms with Gasteiger partial charge in [0.2, 0.25) is 0 Å². The molecule has 1 heterocycles. The average Bonchev–Trinajstić information content (AvgIpc) is 3.02. The molecule has 0 saturated carbocycles. The summed E-state index contributed by atoms with van der Waals surface area (Å²) in [6.07, 6.45) is 3.36. The zero-order chi connectivity index (χ0) is 31.1. The van der Waals surface area contributed by atoms with Crippen LogP contribution in [0.1, 0.15) is 16.7 Å². The third-order valence-corrected chi connectivity index (χ3v) is 6.91. The number of hydrogen-bond acceptors (Lipinski definition) is 9. The lowest BCUT2D eigenvalue weighted by Crippen LogP contribution is -2.06. The molecule has 43 heavy (non-hydrogen) atoms. The van der Waals surface area contributed by atoms with E-state index in [0.29, 0.717) is 68.7 Å². The molecule has 1 aromatic heterocycles. The van der Waals surface area contributed by atoms with Gasteiger partial charge < -0.3 is 28.4 Å². The quantitative estimate of drug-likeness (QED) is 0.155. The van der Waals surface area contributed by atoms with E-state index in [4.69, 9.17) is 43.4 Å². The van der Waals surface area contributed by atoms with Crippen molar-refractivity contribution >= 4 is 0 Å². The van der Waals surface area contributed by atoms with E-state index in [1.165, 1.54) is 0 Å². The monoisotopic (exact) mass is 583 g/mol. The van der Waals surface area contributed by atoms with Crippen molar-refractivity contribution < 1.29 is 28.4 Å². The van der Waals surface area contributed by atoms with Crippen LogP contribution in [0, 0.1) is 20.8 Å². The molecule has 0 amide bonds. The lowest BCUT2D eigenvalue weighted by atomic mass is 10.1. The minimum Gasteiger partial charge on any atom is -0.496 e. The largest absolute Gasteiger partial charge is 0.496 e.